The summed E-state index contributed by atoms with van der Waals surface area (Å²) in [6.45, 7) is 1.74. The number of hydrogen-bond acceptors (Lipinski definition) is 6. The van der Waals surface area contributed by atoms with E-state index in [2.05, 4.69) is 0 Å². The summed E-state index contributed by atoms with van der Waals surface area (Å²) in [5, 5.41) is 0. The Labute approximate surface area is 181 Å². The highest BCUT2D eigenvalue weighted by Crippen LogP contribution is 2.63. The standard InChI is InChI=1S/C21H28F2O7S/c1-21-9-18(28-3)19-12(14(21)8-16(23)20(21)30-31(24,25)26)5-4-11-6-17(29-10-27-2)15(22)7-13(11)19/h6-7,12,14,16,18-20H,4-5,8-10H2,1-3H3,(H,24,25,26)/t12-,14-,16+,18-,19-,20-,21-/m0/s1. The molecule has 0 bridgehead atoms. The monoisotopic (exact) mass is 462 g/mol. The molecule has 4 rings (SSSR count). The molecule has 0 aliphatic heterocycles. The highest BCUT2D eigenvalue weighted by atomic mass is 32.3. The molecule has 3 aliphatic rings. The lowest BCUT2D eigenvalue weighted by atomic mass is 9.54. The van der Waals surface area contributed by atoms with Gasteiger partial charge < -0.3 is 14.2 Å². The Hall–Kier alpha value is -1.33. The summed E-state index contributed by atoms with van der Waals surface area (Å²) in [7, 11) is -1.80. The lowest BCUT2D eigenvalue weighted by Crippen LogP contribution is -2.51. The van der Waals surface area contributed by atoms with Crippen LogP contribution in [0.15, 0.2) is 12.1 Å². The molecule has 1 N–H and O–H groups in total. The van der Waals surface area contributed by atoms with E-state index in [0.717, 1.165) is 17.5 Å². The number of benzene rings is 1. The largest absolute Gasteiger partial charge is 0.464 e. The Morgan fingerprint density at radius 2 is 2.03 bits per heavy atom. The summed E-state index contributed by atoms with van der Waals surface area (Å²) in [5.74, 6) is -0.752. The van der Waals surface area contributed by atoms with Gasteiger partial charge in [-0.15, -0.1) is 0 Å². The van der Waals surface area contributed by atoms with Crippen LogP contribution in [-0.4, -0.2) is 52.4 Å². The van der Waals surface area contributed by atoms with Crippen LogP contribution >= 0.6 is 0 Å². The van der Waals surface area contributed by atoms with E-state index in [9.17, 15) is 21.8 Å². The van der Waals surface area contributed by atoms with Crippen molar-refractivity contribution < 1.29 is 40.1 Å². The number of methoxy groups -OCH3 is 2. The third-order valence-electron chi connectivity index (χ3n) is 7.48. The second-order valence-electron chi connectivity index (χ2n) is 9.05. The van der Waals surface area contributed by atoms with Crippen molar-refractivity contribution in [1.82, 2.24) is 0 Å². The second-order valence-corrected chi connectivity index (χ2v) is 10.1. The molecule has 2 fully saturated rings. The van der Waals surface area contributed by atoms with E-state index in [1.54, 1.807) is 20.1 Å². The van der Waals surface area contributed by atoms with Crippen LogP contribution in [-0.2, 0) is 30.5 Å². The molecular weight excluding hydrogens is 434 g/mol. The van der Waals surface area contributed by atoms with E-state index < -0.39 is 33.9 Å². The number of hydrogen-bond donors (Lipinski definition) is 1. The highest BCUT2D eigenvalue weighted by Gasteiger charge is 2.63. The summed E-state index contributed by atoms with van der Waals surface area (Å²) in [6, 6.07) is 3.16. The van der Waals surface area contributed by atoms with Gasteiger partial charge in [0.1, 0.15) is 12.3 Å². The molecule has 174 valence electrons. The van der Waals surface area contributed by atoms with E-state index in [4.69, 9.17) is 18.4 Å². The molecule has 0 unspecified atom stereocenters. The molecule has 0 heterocycles. The van der Waals surface area contributed by atoms with Crippen LogP contribution in [0.3, 0.4) is 0 Å². The van der Waals surface area contributed by atoms with E-state index in [1.807, 2.05) is 0 Å². The Balaban J connectivity index is 1.71. The van der Waals surface area contributed by atoms with Gasteiger partial charge in [0.2, 0.25) is 0 Å². The fraction of sp³-hybridized carbons (Fsp3) is 0.714. The van der Waals surface area contributed by atoms with Crippen LogP contribution in [0.5, 0.6) is 5.75 Å². The zero-order valence-corrected chi connectivity index (χ0v) is 18.5. The van der Waals surface area contributed by atoms with Crippen LogP contribution in [0, 0.1) is 23.1 Å². The molecule has 31 heavy (non-hydrogen) atoms. The zero-order chi connectivity index (χ0) is 22.6. The first-order chi connectivity index (χ1) is 14.6. The SMILES string of the molecule is COCOc1cc2c(cc1F)[C@@H]1[C@@H](CC2)[C@@H]2C[C@@H](F)[C@H](OS(=O)(=O)O)[C@@]2(C)C[C@@H]1OC. The van der Waals surface area contributed by atoms with Crippen molar-refractivity contribution in [2.45, 2.75) is 56.9 Å². The normalized spacial score (nSPS) is 37.1. The Kier molecular flexibility index (Phi) is 6.06. The molecule has 1 aromatic rings. The predicted octanol–water partition coefficient (Wildman–Crippen LogP) is 3.43. The van der Waals surface area contributed by atoms with E-state index in [-0.39, 0.29) is 42.8 Å². The molecule has 0 amide bonds. The van der Waals surface area contributed by atoms with Gasteiger partial charge in [0, 0.05) is 25.6 Å². The van der Waals surface area contributed by atoms with Crippen LogP contribution in [0.2, 0.25) is 0 Å². The Bertz CT molecular complexity index is 940. The summed E-state index contributed by atoms with van der Waals surface area (Å²) in [5.41, 5.74) is 0.941. The van der Waals surface area contributed by atoms with Gasteiger partial charge in [-0.25, -0.2) is 13.0 Å². The minimum Gasteiger partial charge on any atom is -0.464 e. The van der Waals surface area contributed by atoms with Gasteiger partial charge in [0.25, 0.3) is 0 Å². The molecule has 0 radical (unpaired) electrons. The molecule has 0 saturated heterocycles. The van der Waals surface area contributed by atoms with E-state index >= 15 is 0 Å². The minimum absolute atomic E-state index is 0.0328. The van der Waals surface area contributed by atoms with Crippen molar-refractivity contribution in [3.8, 4) is 5.75 Å². The maximum atomic E-state index is 15.0. The van der Waals surface area contributed by atoms with Crippen molar-refractivity contribution in [3.63, 3.8) is 0 Å². The zero-order valence-electron chi connectivity index (χ0n) is 17.7. The third kappa shape index (κ3) is 3.97. The van der Waals surface area contributed by atoms with Gasteiger partial charge in [-0.1, -0.05) is 6.92 Å². The summed E-state index contributed by atoms with van der Waals surface area (Å²) >= 11 is 0. The van der Waals surface area contributed by atoms with Gasteiger partial charge in [-0.05, 0) is 60.8 Å². The summed E-state index contributed by atoms with van der Waals surface area (Å²) in [4.78, 5) is 0. The van der Waals surface area contributed by atoms with Crippen molar-refractivity contribution in [3.05, 3.63) is 29.1 Å². The molecule has 1 aromatic carbocycles. The molecule has 7 nitrogen and oxygen atoms in total. The first-order valence-electron chi connectivity index (χ1n) is 10.4. The van der Waals surface area contributed by atoms with E-state index in [0.29, 0.717) is 12.8 Å². The number of fused-ring (bicyclic) bond motifs is 5. The minimum atomic E-state index is -4.80. The van der Waals surface area contributed by atoms with Crippen molar-refractivity contribution in [2.24, 2.45) is 17.3 Å². The third-order valence-corrected chi connectivity index (χ3v) is 7.93. The molecule has 3 aliphatic carbocycles. The van der Waals surface area contributed by atoms with Gasteiger partial charge in [0.05, 0.1) is 6.10 Å². The predicted molar refractivity (Wildman–Crippen MR) is 106 cm³/mol. The highest BCUT2D eigenvalue weighted by molar-refractivity contribution is 7.80. The summed E-state index contributed by atoms with van der Waals surface area (Å²) < 4.78 is 82.4. The topological polar surface area (TPSA) is 91.3 Å². The Morgan fingerprint density at radius 3 is 2.68 bits per heavy atom. The lowest BCUT2D eigenvalue weighted by molar-refractivity contribution is -0.0915. The number of ether oxygens (including phenoxy) is 3. The van der Waals surface area contributed by atoms with E-state index in [1.165, 1.54) is 13.2 Å². The van der Waals surface area contributed by atoms with Gasteiger partial charge in [-0.2, -0.15) is 8.42 Å². The lowest BCUT2D eigenvalue weighted by Gasteiger charge is -2.53. The maximum Gasteiger partial charge on any atom is 0.397 e. The maximum absolute atomic E-state index is 15.0. The van der Waals surface area contributed by atoms with Crippen molar-refractivity contribution in [2.75, 3.05) is 21.0 Å². The van der Waals surface area contributed by atoms with Crippen LogP contribution in [0.25, 0.3) is 0 Å². The molecule has 10 heteroatoms. The average molecular weight is 463 g/mol. The molecule has 7 atom stereocenters. The number of rotatable bonds is 6. The first kappa shape index (κ1) is 22.8. The first-order valence-corrected chi connectivity index (χ1v) is 11.7. The Morgan fingerprint density at radius 1 is 1.29 bits per heavy atom. The smallest absolute Gasteiger partial charge is 0.397 e. The fourth-order valence-electron chi connectivity index (χ4n) is 6.31. The fourth-order valence-corrected chi connectivity index (χ4v) is 6.92. The van der Waals surface area contributed by atoms with Gasteiger partial charge in [-0.3, -0.25) is 4.55 Å². The average Bonchev–Trinajstić information content (AvgIpc) is 2.94. The van der Waals surface area contributed by atoms with Crippen LogP contribution in [0.1, 0.15) is 43.2 Å². The number of alkyl halides is 1. The quantitative estimate of drug-likeness (QED) is 0.512. The summed E-state index contributed by atoms with van der Waals surface area (Å²) in [6.07, 6.45) is -1.36. The van der Waals surface area contributed by atoms with Crippen LogP contribution in [0.4, 0.5) is 8.78 Å². The molecular formula is C21H28F2O7S. The van der Waals surface area contributed by atoms with Crippen LogP contribution < -0.4 is 4.74 Å². The molecule has 2 saturated carbocycles. The second kappa shape index (κ2) is 8.22. The number of halogens is 2. The molecule has 0 spiro atoms. The number of aryl methyl sites for hydroxylation is 1. The van der Waals surface area contributed by atoms with Crippen molar-refractivity contribution >= 4 is 10.4 Å². The van der Waals surface area contributed by atoms with Gasteiger partial charge in [0.15, 0.2) is 18.4 Å². The van der Waals surface area contributed by atoms with Crippen molar-refractivity contribution in [1.29, 1.82) is 0 Å². The molecule has 0 aromatic heterocycles. The van der Waals surface area contributed by atoms with Gasteiger partial charge >= 0.3 is 10.4 Å².